The molecule has 0 spiro atoms. The van der Waals surface area contributed by atoms with Gasteiger partial charge >= 0.3 is 0 Å². The zero-order valence-electron chi connectivity index (χ0n) is 23.5. The van der Waals surface area contributed by atoms with Gasteiger partial charge in [0.15, 0.2) is 25.2 Å². The summed E-state index contributed by atoms with van der Waals surface area (Å²) in [5.41, 5.74) is 0. The van der Waals surface area contributed by atoms with Crippen molar-refractivity contribution >= 4 is 0 Å². The fraction of sp³-hybridized carbons (Fsp3) is 1.00. The molecule has 4 saturated heterocycles. The van der Waals surface area contributed by atoms with E-state index in [4.69, 9.17) is 33.2 Å². The average Bonchev–Trinajstić information content (AvgIpc) is 3.02. The highest BCUT2D eigenvalue weighted by molar-refractivity contribution is 4.96. The molecule has 0 aliphatic carbocycles. The third kappa shape index (κ3) is 7.59. The van der Waals surface area contributed by atoms with E-state index in [0.29, 0.717) is 0 Å². The Balaban J connectivity index is 1.40. The van der Waals surface area contributed by atoms with Gasteiger partial charge in [0, 0.05) is 0 Å². The summed E-state index contributed by atoms with van der Waals surface area (Å²) in [5.74, 6) is 0. The van der Waals surface area contributed by atoms with Crippen LogP contribution in [0.25, 0.3) is 0 Å². The lowest BCUT2D eigenvalue weighted by molar-refractivity contribution is -0.384. The van der Waals surface area contributed by atoms with E-state index in [2.05, 4.69) is 0 Å². The molecule has 4 fully saturated rings. The standard InChI is InChI=1S/C24H42O21/c25-1-5-9(28)13(32)16(35)22(41-5)39-4-8-11(30)15(34)20(21(38)40-8)45-24-18(37)19(12(31)7(3-27)43-24)44-23-17(36)14(33)10(29)6(2-26)42-23/h5-38H,1-4H2/t5-,6-,7-,8-,9-,10-,11-,12-,13+,14+,15+,16-,17-,18-,19+,20-,21?,22+,23-,24-/m1/s1. The van der Waals surface area contributed by atoms with Gasteiger partial charge in [-0.2, -0.15) is 0 Å². The van der Waals surface area contributed by atoms with Crippen LogP contribution in [0, 0.1) is 0 Å². The molecule has 4 heterocycles. The number of hydrogen-bond acceptors (Lipinski definition) is 21. The van der Waals surface area contributed by atoms with Crippen LogP contribution < -0.4 is 0 Å². The lowest BCUT2D eigenvalue weighted by Crippen LogP contribution is -2.66. The first-order chi connectivity index (χ1) is 21.2. The predicted octanol–water partition coefficient (Wildman–Crippen LogP) is -9.75. The summed E-state index contributed by atoms with van der Waals surface area (Å²) in [6, 6.07) is 0. The zero-order chi connectivity index (χ0) is 33.3. The Bertz CT molecular complexity index is 914. The normalized spacial score (nSPS) is 52.9. The summed E-state index contributed by atoms with van der Waals surface area (Å²) in [7, 11) is 0. The van der Waals surface area contributed by atoms with Gasteiger partial charge < -0.3 is 105 Å². The highest BCUT2D eigenvalue weighted by Gasteiger charge is 2.54. The molecule has 4 aliphatic heterocycles. The van der Waals surface area contributed by atoms with Gasteiger partial charge in [0.1, 0.15) is 97.7 Å². The Kier molecular flexibility index (Phi) is 12.8. The van der Waals surface area contributed by atoms with Crippen LogP contribution in [0.15, 0.2) is 0 Å². The van der Waals surface area contributed by atoms with E-state index in [-0.39, 0.29) is 0 Å². The molecule has 0 aromatic heterocycles. The number of aliphatic hydroxyl groups is 14. The van der Waals surface area contributed by atoms with Crippen molar-refractivity contribution in [1.82, 2.24) is 0 Å². The Morgan fingerprint density at radius 3 is 1.33 bits per heavy atom. The Morgan fingerprint density at radius 2 is 0.800 bits per heavy atom. The smallest absolute Gasteiger partial charge is 0.187 e. The molecule has 0 aromatic carbocycles. The molecule has 20 atom stereocenters. The zero-order valence-corrected chi connectivity index (χ0v) is 23.5. The van der Waals surface area contributed by atoms with Gasteiger partial charge in [-0.15, -0.1) is 0 Å². The number of rotatable bonds is 10. The van der Waals surface area contributed by atoms with E-state index in [9.17, 15) is 71.5 Å². The van der Waals surface area contributed by atoms with Crippen LogP contribution in [0.3, 0.4) is 0 Å². The van der Waals surface area contributed by atoms with Crippen molar-refractivity contribution in [1.29, 1.82) is 0 Å². The fourth-order valence-electron chi connectivity index (χ4n) is 5.42. The van der Waals surface area contributed by atoms with E-state index < -0.39 is 149 Å². The molecule has 21 nitrogen and oxygen atoms in total. The molecule has 0 radical (unpaired) electrons. The van der Waals surface area contributed by atoms with E-state index >= 15 is 0 Å². The minimum atomic E-state index is -2.05. The molecule has 45 heavy (non-hydrogen) atoms. The summed E-state index contributed by atoms with van der Waals surface area (Å²) in [4.78, 5) is 0. The molecular formula is C24H42O21. The second-order valence-corrected chi connectivity index (χ2v) is 11.2. The SMILES string of the molecule is OC[C@H]1O[C@H](OC[C@H]2OC(O)[C@H](O[C@H]3O[C@H](CO)[C@@H](O)[C@H](O[C@H]4O[C@H](CO)[C@@H](O)[C@H](O)[C@H]4O)[C@H]3O)[C@@H](O)[C@@H]2O)[C@H](O)[C@@H](O)[C@@H]1O. The first-order valence-electron chi connectivity index (χ1n) is 14.1. The molecule has 21 heteroatoms. The van der Waals surface area contributed by atoms with Crippen molar-refractivity contribution in [3.63, 3.8) is 0 Å². The minimum absolute atomic E-state index is 0.666. The second kappa shape index (κ2) is 15.6. The van der Waals surface area contributed by atoms with Crippen molar-refractivity contribution in [2.45, 2.75) is 123 Å². The lowest BCUT2D eigenvalue weighted by Gasteiger charge is -2.48. The van der Waals surface area contributed by atoms with Crippen LogP contribution in [0.5, 0.6) is 0 Å². The van der Waals surface area contributed by atoms with Gasteiger partial charge in [0.2, 0.25) is 0 Å². The Hall–Kier alpha value is -0.840. The summed E-state index contributed by atoms with van der Waals surface area (Å²) >= 11 is 0. The molecule has 4 rings (SSSR count). The van der Waals surface area contributed by atoms with Gasteiger partial charge in [-0.1, -0.05) is 0 Å². The second-order valence-electron chi connectivity index (χ2n) is 11.2. The number of hydrogen-bond donors (Lipinski definition) is 14. The van der Waals surface area contributed by atoms with Gasteiger partial charge in [-0.25, -0.2) is 0 Å². The molecule has 0 bridgehead atoms. The van der Waals surface area contributed by atoms with Crippen molar-refractivity contribution in [3.8, 4) is 0 Å². The first-order valence-corrected chi connectivity index (χ1v) is 14.1. The summed E-state index contributed by atoms with van der Waals surface area (Å²) in [5, 5.41) is 142. The van der Waals surface area contributed by atoms with E-state index in [1.54, 1.807) is 0 Å². The topological polar surface area (TPSA) is 348 Å². The van der Waals surface area contributed by atoms with E-state index in [1.807, 2.05) is 0 Å². The number of ether oxygens (including phenoxy) is 7. The maximum absolute atomic E-state index is 10.9. The first kappa shape index (κ1) is 37.0. The highest BCUT2D eigenvalue weighted by Crippen LogP contribution is 2.32. The van der Waals surface area contributed by atoms with Gasteiger partial charge in [-0.3, -0.25) is 0 Å². The highest BCUT2D eigenvalue weighted by atomic mass is 16.8. The summed E-state index contributed by atoms with van der Waals surface area (Å²) in [6.45, 7) is -3.08. The van der Waals surface area contributed by atoms with E-state index in [0.717, 1.165) is 0 Å². The largest absolute Gasteiger partial charge is 0.394 e. The van der Waals surface area contributed by atoms with Crippen LogP contribution >= 0.6 is 0 Å². The molecule has 4 aliphatic rings. The third-order valence-corrected chi connectivity index (χ3v) is 8.19. The van der Waals surface area contributed by atoms with Crippen molar-refractivity contribution < 1.29 is 105 Å². The lowest BCUT2D eigenvalue weighted by atomic mass is 9.96. The van der Waals surface area contributed by atoms with E-state index in [1.165, 1.54) is 0 Å². The number of aliphatic hydroxyl groups excluding tert-OH is 14. The monoisotopic (exact) mass is 666 g/mol. The molecular weight excluding hydrogens is 624 g/mol. The average molecular weight is 667 g/mol. The minimum Gasteiger partial charge on any atom is -0.394 e. The van der Waals surface area contributed by atoms with Gasteiger partial charge in [0.25, 0.3) is 0 Å². The van der Waals surface area contributed by atoms with Crippen molar-refractivity contribution in [2.24, 2.45) is 0 Å². The molecule has 0 aromatic rings. The fourth-order valence-corrected chi connectivity index (χ4v) is 5.42. The van der Waals surface area contributed by atoms with Crippen LogP contribution in [0.4, 0.5) is 0 Å². The summed E-state index contributed by atoms with van der Waals surface area (Å²) < 4.78 is 37.3. The maximum Gasteiger partial charge on any atom is 0.187 e. The molecule has 0 saturated carbocycles. The van der Waals surface area contributed by atoms with Crippen LogP contribution in [0.1, 0.15) is 0 Å². The van der Waals surface area contributed by atoms with Crippen LogP contribution in [-0.4, -0.2) is 221 Å². The molecule has 0 amide bonds. The molecule has 14 N–H and O–H groups in total. The van der Waals surface area contributed by atoms with Crippen molar-refractivity contribution in [3.05, 3.63) is 0 Å². The quantitative estimate of drug-likeness (QED) is 0.103. The van der Waals surface area contributed by atoms with Crippen molar-refractivity contribution in [2.75, 3.05) is 26.4 Å². The summed E-state index contributed by atoms with van der Waals surface area (Å²) in [6.07, 6.45) is -35.2. The Labute approximate surface area is 254 Å². The Morgan fingerprint density at radius 1 is 0.378 bits per heavy atom. The van der Waals surface area contributed by atoms with Gasteiger partial charge in [0.05, 0.1) is 26.4 Å². The molecule has 264 valence electrons. The third-order valence-electron chi connectivity index (χ3n) is 8.19. The predicted molar refractivity (Wildman–Crippen MR) is 134 cm³/mol. The maximum atomic E-state index is 10.9. The molecule has 1 unspecified atom stereocenters. The van der Waals surface area contributed by atoms with Crippen LogP contribution in [-0.2, 0) is 33.2 Å². The van der Waals surface area contributed by atoms with Gasteiger partial charge in [-0.05, 0) is 0 Å². The van der Waals surface area contributed by atoms with Crippen LogP contribution in [0.2, 0.25) is 0 Å².